The molecule has 2 aliphatic rings. The highest BCUT2D eigenvalue weighted by Crippen LogP contribution is 2.37. The normalized spacial score (nSPS) is 28.8. The lowest BCUT2D eigenvalue weighted by atomic mass is 9.97. The standard InChI is InChI=1S/C11H13NO3/c13-7-1-2-10-8(5-7)11-9(6-15-10)12-3-4-14-11/h1-2,5,9,11-13H,3-4,6H2. The zero-order chi connectivity index (χ0) is 10.3. The highest BCUT2D eigenvalue weighted by atomic mass is 16.5. The molecule has 2 N–H and O–H groups in total. The van der Waals surface area contributed by atoms with Crippen LogP contribution >= 0.6 is 0 Å². The predicted molar refractivity (Wildman–Crippen MR) is 54.1 cm³/mol. The van der Waals surface area contributed by atoms with Crippen molar-refractivity contribution in [1.29, 1.82) is 0 Å². The first-order chi connectivity index (χ1) is 7.34. The second kappa shape index (κ2) is 3.40. The van der Waals surface area contributed by atoms with Gasteiger partial charge in [-0.15, -0.1) is 0 Å². The topological polar surface area (TPSA) is 50.7 Å². The van der Waals surface area contributed by atoms with E-state index < -0.39 is 0 Å². The molecular weight excluding hydrogens is 194 g/mol. The first-order valence-corrected chi connectivity index (χ1v) is 5.15. The van der Waals surface area contributed by atoms with Crippen LogP contribution in [0, 0.1) is 0 Å². The Morgan fingerprint density at radius 1 is 1.40 bits per heavy atom. The number of benzene rings is 1. The predicted octanol–water partition coefficient (Wildman–Crippen LogP) is 0.814. The van der Waals surface area contributed by atoms with Crippen LogP contribution in [0.25, 0.3) is 0 Å². The van der Waals surface area contributed by atoms with Gasteiger partial charge in [-0.05, 0) is 18.2 Å². The van der Waals surface area contributed by atoms with E-state index in [0.29, 0.717) is 13.2 Å². The number of nitrogens with one attached hydrogen (secondary N) is 1. The summed E-state index contributed by atoms with van der Waals surface area (Å²) >= 11 is 0. The first-order valence-electron chi connectivity index (χ1n) is 5.15. The van der Waals surface area contributed by atoms with Gasteiger partial charge >= 0.3 is 0 Å². The molecule has 2 heterocycles. The molecule has 2 atom stereocenters. The molecule has 0 amide bonds. The third kappa shape index (κ3) is 1.46. The van der Waals surface area contributed by atoms with Crippen LogP contribution in [0.3, 0.4) is 0 Å². The summed E-state index contributed by atoms with van der Waals surface area (Å²) in [7, 11) is 0. The summed E-state index contributed by atoms with van der Waals surface area (Å²) in [4.78, 5) is 0. The summed E-state index contributed by atoms with van der Waals surface area (Å²) in [5.74, 6) is 1.07. The molecule has 3 rings (SSSR count). The van der Waals surface area contributed by atoms with Crippen molar-refractivity contribution in [3.63, 3.8) is 0 Å². The van der Waals surface area contributed by atoms with Crippen LogP contribution in [0.4, 0.5) is 0 Å². The molecule has 2 aliphatic heterocycles. The average Bonchev–Trinajstić information content (AvgIpc) is 2.29. The Kier molecular flexibility index (Phi) is 2.04. The molecule has 1 aromatic carbocycles. The van der Waals surface area contributed by atoms with Gasteiger partial charge in [0.15, 0.2) is 0 Å². The fourth-order valence-electron chi connectivity index (χ4n) is 2.18. The van der Waals surface area contributed by atoms with Gasteiger partial charge in [0.05, 0.1) is 12.6 Å². The van der Waals surface area contributed by atoms with Crippen LogP contribution in [0.2, 0.25) is 0 Å². The summed E-state index contributed by atoms with van der Waals surface area (Å²) in [6.07, 6.45) is 0.00889. The summed E-state index contributed by atoms with van der Waals surface area (Å²) in [6, 6.07) is 5.35. The number of morpholine rings is 1. The molecule has 0 bridgehead atoms. The van der Waals surface area contributed by atoms with E-state index in [1.165, 1.54) is 0 Å². The minimum Gasteiger partial charge on any atom is -0.508 e. The van der Waals surface area contributed by atoms with Crippen molar-refractivity contribution in [3.8, 4) is 11.5 Å². The number of phenols is 1. The largest absolute Gasteiger partial charge is 0.508 e. The molecule has 0 aromatic heterocycles. The first kappa shape index (κ1) is 9.00. The lowest BCUT2D eigenvalue weighted by Gasteiger charge is -2.37. The van der Waals surface area contributed by atoms with Gasteiger partial charge in [-0.2, -0.15) is 0 Å². The number of fused-ring (bicyclic) bond motifs is 3. The smallest absolute Gasteiger partial charge is 0.125 e. The fraction of sp³-hybridized carbons (Fsp3) is 0.455. The van der Waals surface area contributed by atoms with Gasteiger partial charge in [0.1, 0.15) is 24.2 Å². The van der Waals surface area contributed by atoms with Gasteiger partial charge in [0, 0.05) is 12.1 Å². The number of hydrogen-bond acceptors (Lipinski definition) is 4. The van der Waals surface area contributed by atoms with Crippen LogP contribution in [0.1, 0.15) is 11.7 Å². The van der Waals surface area contributed by atoms with Crippen molar-refractivity contribution < 1.29 is 14.6 Å². The summed E-state index contributed by atoms with van der Waals surface area (Å²) in [6.45, 7) is 2.19. The van der Waals surface area contributed by atoms with Crippen LogP contribution in [-0.2, 0) is 4.74 Å². The van der Waals surface area contributed by atoms with E-state index in [4.69, 9.17) is 9.47 Å². The molecule has 4 heteroatoms. The average molecular weight is 207 g/mol. The number of phenolic OH excluding ortho intramolecular Hbond substituents is 1. The monoisotopic (exact) mass is 207 g/mol. The maximum atomic E-state index is 9.45. The second-order valence-electron chi connectivity index (χ2n) is 3.89. The van der Waals surface area contributed by atoms with E-state index in [1.54, 1.807) is 18.2 Å². The molecular formula is C11H13NO3. The maximum absolute atomic E-state index is 9.45. The van der Waals surface area contributed by atoms with E-state index in [-0.39, 0.29) is 17.9 Å². The Hall–Kier alpha value is -1.26. The lowest BCUT2D eigenvalue weighted by Crippen LogP contribution is -2.48. The van der Waals surface area contributed by atoms with Crippen molar-refractivity contribution in [2.24, 2.45) is 0 Å². The van der Waals surface area contributed by atoms with E-state index in [1.807, 2.05) is 0 Å². The van der Waals surface area contributed by atoms with Gasteiger partial charge in [-0.25, -0.2) is 0 Å². The highest BCUT2D eigenvalue weighted by molar-refractivity contribution is 5.43. The lowest BCUT2D eigenvalue weighted by molar-refractivity contribution is -0.0308. The highest BCUT2D eigenvalue weighted by Gasteiger charge is 2.33. The molecule has 1 saturated heterocycles. The van der Waals surface area contributed by atoms with Gasteiger partial charge in [-0.3, -0.25) is 0 Å². The van der Waals surface area contributed by atoms with Crippen LogP contribution in [0.15, 0.2) is 18.2 Å². The third-order valence-electron chi connectivity index (χ3n) is 2.89. The molecule has 1 fully saturated rings. The Labute approximate surface area is 87.8 Å². The van der Waals surface area contributed by atoms with E-state index in [0.717, 1.165) is 17.9 Å². The molecule has 4 nitrogen and oxygen atoms in total. The molecule has 0 aliphatic carbocycles. The Morgan fingerprint density at radius 2 is 2.33 bits per heavy atom. The zero-order valence-corrected chi connectivity index (χ0v) is 8.27. The fourth-order valence-corrected chi connectivity index (χ4v) is 2.18. The molecule has 0 saturated carbocycles. The van der Waals surface area contributed by atoms with Gasteiger partial charge in [0.25, 0.3) is 0 Å². The number of rotatable bonds is 0. The molecule has 15 heavy (non-hydrogen) atoms. The van der Waals surface area contributed by atoms with E-state index in [9.17, 15) is 5.11 Å². The molecule has 0 radical (unpaired) electrons. The van der Waals surface area contributed by atoms with Crippen molar-refractivity contribution in [2.75, 3.05) is 19.8 Å². The zero-order valence-electron chi connectivity index (χ0n) is 8.27. The van der Waals surface area contributed by atoms with Crippen molar-refractivity contribution in [2.45, 2.75) is 12.1 Å². The minimum absolute atomic E-state index is 0.00889. The van der Waals surface area contributed by atoms with Gasteiger partial charge in [-0.1, -0.05) is 0 Å². The Bertz CT molecular complexity index is 380. The van der Waals surface area contributed by atoms with Crippen LogP contribution in [-0.4, -0.2) is 30.9 Å². The molecule has 2 unspecified atom stereocenters. The summed E-state index contributed by atoms with van der Waals surface area (Å²) in [5, 5.41) is 12.8. The maximum Gasteiger partial charge on any atom is 0.125 e. The molecule has 0 spiro atoms. The minimum atomic E-state index is 0.00889. The van der Waals surface area contributed by atoms with E-state index >= 15 is 0 Å². The number of ether oxygens (including phenoxy) is 2. The van der Waals surface area contributed by atoms with Crippen LogP contribution < -0.4 is 10.1 Å². The Morgan fingerprint density at radius 3 is 3.27 bits per heavy atom. The van der Waals surface area contributed by atoms with Crippen molar-refractivity contribution in [1.82, 2.24) is 5.32 Å². The van der Waals surface area contributed by atoms with Crippen molar-refractivity contribution in [3.05, 3.63) is 23.8 Å². The van der Waals surface area contributed by atoms with Gasteiger partial charge < -0.3 is 19.9 Å². The summed E-state index contributed by atoms with van der Waals surface area (Å²) in [5.41, 5.74) is 0.943. The SMILES string of the molecule is Oc1ccc2c(c1)C1OCCNC1CO2. The number of hydrogen-bond donors (Lipinski definition) is 2. The summed E-state index contributed by atoms with van der Waals surface area (Å²) < 4.78 is 11.3. The van der Waals surface area contributed by atoms with E-state index in [2.05, 4.69) is 5.32 Å². The Balaban J connectivity index is 2.01. The third-order valence-corrected chi connectivity index (χ3v) is 2.89. The van der Waals surface area contributed by atoms with Crippen LogP contribution in [0.5, 0.6) is 11.5 Å². The van der Waals surface area contributed by atoms with Crippen molar-refractivity contribution >= 4 is 0 Å². The van der Waals surface area contributed by atoms with Gasteiger partial charge in [0.2, 0.25) is 0 Å². The molecule has 80 valence electrons. The quantitative estimate of drug-likeness (QED) is 0.661. The number of aromatic hydroxyl groups is 1. The molecule has 1 aromatic rings. The second-order valence-corrected chi connectivity index (χ2v) is 3.89.